The molecule has 0 aliphatic rings. The molecule has 0 saturated heterocycles. The topological polar surface area (TPSA) is 126 Å². The summed E-state index contributed by atoms with van der Waals surface area (Å²) in [5.74, 6) is -0.0966. The molecule has 0 radical (unpaired) electrons. The molecule has 0 aliphatic carbocycles. The predicted octanol–water partition coefficient (Wildman–Crippen LogP) is 6.94. The van der Waals surface area contributed by atoms with Crippen molar-refractivity contribution in [3.05, 3.63) is 119 Å². The van der Waals surface area contributed by atoms with Crippen molar-refractivity contribution in [3.63, 3.8) is 0 Å². The first kappa shape index (κ1) is 30.5. The number of benzene rings is 3. The molecule has 5 aromatic rings. The largest absolute Gasteiger partial charge is 0.457 e. The van der Waals surface area contributed by atoms with Gasteiger partial charge < -0.3 is 15.1 Å². The van der Waals surface area contributed by atoms with Crippen molar-refractivity contribution in [1.29, 1.82) is 0 Å². The molecule has 3 N–H and O–H groups in total. The van der Waals surface area contributed by atoms with Crippen LogP contribution in [0, 0.1) is 13.8 Å². The number of anilines is 2. The normalized spacial score (nSPS) is 11.9. The molecule has 0 saturated carbocycles. The van der Waals surface area contributed by atoms with Crippen LogP contribution in [0.1, 0.15) is 33.6 Å². The fraction of sp³-hybridized carbons (Fsp3) is 0.121. The van der Waals surface area contributed by atoms with Gasteiger partial charge in [-0.15, -0.1) is 22.0 Å². The minimum absolute atomic E-state index is 0.0133. The average Bonchev–Trinajstić information content (AvgIpc) is 3.67. The van der Waals surface area contributed by atoms with E-state index in [0.29, 0.717) is 27.9 Å². The zero-order valence-electron chi connectivity index (χ0n) is 24.2. The average molecular weight is 624 g/mol. The highest BCUT2D eigenvalue weighted by Crippen LogP contribution is 2.27. The molecule has 0 unspecified atom stereocenters. The third-order valence-corrected chi connectivity index (χ3v) is 8.19. The van der Waals surface area contributed by atoms with Crippen LogP contribution in [0.25, 0.3) is 17.4 Å². The molecule has 0 fully saturated rings. The smallest absolute Gasteiger partial charge is 0.272 e. The van der Waals surface area contributed by atoms with E-state index in [-0.39, 0.29) is 16.9 Å². The van der Waals surface area contributed by atoms with Gasteiger partial charge in [0.2, 0.25) is 11.0 Å². The Kier molecular flexibility index (Phi) is 9.68. The number of carbonyl (C=O) groups excluding carboxylic acids is 3. The van der Waals surface area contributed by atoms with E-state index in [1.165, 1.54) is 29.2 Å². The Hall–Kier alpha value is -5.00. The minimum Gasteiger partial charge on any atom is -0.457 e. The van der Waals surface area contributed by atoms with Gasteiger partial charge in [-0.25, -0.2) is 0 Å². The Morgan fingerprint density at radius 3 is 2.27 bits per heavy atom. The predicted molar refractivity (Wildman–Crippen MR) is 174 cm³/mol. The highest BCUT2D eigenvalue weighted by Gasteiger charge is 2.18. The zero-order valence-corrected chi connectivity index (χ0v) is 25.8. The van der Waals surface area contributed by atoms with Crippen molar-refractivity contribution in [2.24, 2.45) is 0 Å². The summed E-state index contributed by atoms with van der Waals surface area (Å²) in [5, 5.41) is 17.0. The summed E-state index contributed by atoms with van der Waals surface area (Å²) < 4.78 is 5.99. The van der Waals surface area contributed by atoms with Gasteiger partial charge in [0.25, 0.3) is 11.8 Å². The molecule has 0 bridgehead atoms. The van der Waals surface area contributed by atoms with Crippen LogP contribution in [-0.2, 0) is 9.59 Å². The molecule has 11 heteroatoms. The number of hydrogen-bond donors (Lipinski definition) is 3. The molecule has 3 aromatic carbocycles. The summed E-state index contributed by atoms with van der Waals surface area (Å²) in [6.07, 6.45) is 1.50. The van der Waals surface area contributed by atoms with Crippen molar-refractivity contribution in [2.45, 2.75) is 30.9 Å². The fourth-order valence-electron chi connectivity index (χ4n) is 4.02. The highest BCUT2D eigenvalue weighted by molar-refractivity contribution is 8.00. The lowest BCUT2D eigenvalue weighted by Crippen LogP contribution is -2.30. The van der Waals surface area contributed by atoms with E-state index >= 15 is 0 Å². The van der Waals surface area contributed by atoms with Gasteiger partial charge in [0.15, 0.2) is 0 Å². The number of hydrogen-bond acceptors (Lipinski definition) is 8. The zero-order chi connectivity index (χ0) is 31.1. The third-order valence-electron chi connectivity index (χ3n) is 6.33. The molecular formula is C33H29N5O4S2. The Balaban J connectivity index is 1.29. The fourth-order valence-corrected chi connectivity index (χ4v) is 5.48. The van der Waals surface area contributed by atoms with Gasteiger partial charge in [0, 0.05) is 27.8 Å². The van der Waals surface area contributed by atoms with Gasteiger partial charge in [-0.1, -0.05) is 59.4 Å². The van der Waals surface area contributed by atoms with E-state index in [2.05, 4.69) is 26.1 Å². The second-order valence-electron chi connectivity index (χ2n) is 9.80. The van der Waals surface area contributed by atoms with Gasteiger partial charge in [0.1, 0.15) is 22.2 Å². The third kappa shape index (κ3) is 8.09. The molecule has 3 amide bonds. The van der Waals surface area contributed by atoms with Crippen molar-refractivity contribution in [3.8, 4) is 11.3 Å². The number of aromatic nitrogens is 2. The maximum atomic E-state index is 13.4. The second-order valence-corrected chi connectivity index (χ2v) is 12.4. The van der Waals surface area contributed by atoms with Crippen molar-refractivity contribution < 1.29 is 18.8 Å². The van der Waals surface area contributed by atoms with E-state index in [1.54, 1.807) is 49.4 Å². The number of aryl methyl sites for hydroxylation is 2. The van der Waals surface area contributed by atoms with Crippen LogP contribution in [0.5, 0.6) is 0 Å². The maximum absolute atomic E-state index is 13.4. The van der Waals surface area contributed by atoms with Gasteiger partial charge in [-0.3, -0.25) is 19.7 Å². The summed E-state index contributed by atoms with van der Waals surface area (Å²) >= 11 is 2.68. The Morgan fingerprint density at radius 1 is 0.864 bits per heavy atom. The van der Waals surface area contributed by atoms with E-state index in [4.69, 9.17) is 4.42 Å². The van der Waals surface area contributed by atoms with Gasteiger partial charge >= 0.3 is 0 Å². The molecule has 1 atom stereocenters. The lowest BCUT2D eigenvalue weighted by atomic mass is 10.1. The van der Waals surface area contributed by atoms with Gasteiger partial charge in [-0.2, -0.15) is 0 Å². The van der Waals surface area contributed by atoms with Crippen molar-refractivity contribution in [1.82, 2.24) is 15.5 Å². The van der Waals surface area contributed by atoms with Crippen molar-refractivity contribution >= 4 is 57.7 Å². The van der Waals surface area contributed by atoms with Gasteiger partial charge in [-0.05, 0) is 69.3 Å². The highest BCUT2D eigenvalue weighted by atomic mass is 32.2. The molecule has 2 heterocycles. The number of thioether (sulfide) groups is 1. The Bertz CT molecular complexity index is 1800. The summed E-state index contributed by atoms with van der Waals surface area (Å²) in [4.78, 5) is 39.8. The van der Waals surface area contributed by atoms with Crippen LogP contribution in [0.15, 0.2) is 106 Å². The van der Waals surface area contributed by atoms with E-state index in [9.17, 15) is 14.4 Å². The lowest BCUT2D eigenvalue weighted by molar-refractivity contribution is -0.115. The molecule has 2 aromatic heterocycles. The maximum Gasteiger partial charge on any atom is 0.272 e. The summed E-state index contributed by atoms with van der Waals surface area (Å²) in [6.45, 7) is 5.63. The van der Waals surface area contributed by atoms with Crippen LogP contribution >= 0.6 is 23.1 Å². The molecular weight excluding hydrogens is 595 g/mol. The van der Waals surface area contributed by atoms with Crippen LogP contribution in [-0.4, -0.2) is 33.2 Å². The van der Waals surface area contributed by atoms with Crippen LogP contribution in [0.2, 0.25) is 0 Å². The van der Waals surface area contributed by atoms with Gasteiger partial charge in [0.05, 0.1) is 5.25 Å². The molecule has 222 valence electrons. The quantitative estimate of drug-likeness (QED) is 0.114. The number of carbonyl (C=O) groups is 3. The first-order chi connectivity index (χ1) is 21.2. The molecule has 0 aliphatic heterocycles. The van der Waals surface area contributed by atoms with E-state index < -0.39 is 11.8 Å². The second kappa shape index (κ2) is 14.0. The number of rotatable bonds is 10. The first-order valence-electron chi connectivity index (χ1n) is 13.7. The summed E-state index contributed by atoms with van der Waals surface area (Å²) in [6, 6.07) is 27.2. The van der Waals surface area contributed by atoms with Crippen LogP contribution in [0.4, 0.5) is 10.8 Å². The number of amides is 3. The Labute approximate surface area is 262 Å². The lowest BCUT2D eigenvalue weighted by Gasteiger charge is -2.12. The van der Waals surface area contributed by atoms with E-state index in [1.807, 2.05) is 62.4 Å². The number of nitrogens with zero attached hydrogens (tertiary/aromatic N) is 2. The SMILES string of the molecule is Cc1ccc(-c2ccc(/C=C(\NC(=O)c3ccccc3)C(=O)Nc3ccc(S[C@@H](C)C(=O)Nc4nnc(C)s4)cc3)o2)cc1. The first-order valence-corrected chi connectivity index (χ1v) is 15.4. The van der Waals surface area contributed by atoms with E-state index in [0.717, 1.165) is 21.0 Å². The van der Waals surface area contributed by atoms with Crippen LogP contribution in [0.3, 0.4) is 0 Å². The number of nitrogens with one attached hydrogen (secondary N) is 3. The summed E-state index contributed by atoms with van der Waals surface area (Å²) in [7, 11) is 0. The van der Waals surface area contributed by atoms with Crippen molar-refractivity contribution in [2.75, 3.05) is 10.6 Å². The molecule has 9 nitrogen and oxygen atoms in total. The standard InChI is InChI=1S/C33H29N5O4S2/c1-20-9-11-23(12-10-20)29-18-15-26(42-29)19-28(35-31(40)24-7-5-4-6-8-24)32(41)34-25-13-16-27(17-14-25)43-21(2)30(39)36-33-38-37-22(3)44-33/h4-19,21H,1-3H3,(H,34,41)(H,35,40)(H,36,38,39)/b28-19-/t21-/m0/s1. The minimum atomic E-state index is -0.525. The molecule has 5 rings (SSSR count). The summed E-state index contributed by atoms with van der Waals surface area (Å²) in [5.41, 5.74) is 2.97. The number of furan rings is 1. The van der Waals surface area contributed by atoms with Crippen LogP contribution < -0.4 is 16.0 Å². The molecule has 0 spiro atoms. The Morgan fingerprint density at radius 2 is 1.59 bits per heavy atom. The molecule has 44 heavy (non-hydrogen) atoms. The monoisotopic (exact) mass is 623 g/mol.